The third-order valence-corrected chi connectivity index (χ3v) is 4.63. The zero-order valence-corrected chi connectivity index (χ0v) is 11.6. The average Bonchev–Trinajstić information content (AvgIpc) is 3.18. The van der Waals surface area contributed by atoms with Gasteiger partial charge in [-0.2, -0.15) is 11.8 Å². The van der Waals surface area contributed by atoms with Crippen LogP contribution in [0.4, 0.5) is 5.82 Å². The molecule has 0 saturated heterocycles. The predicted molar refractivity (Wildman–Crippen MR) is 76.2 cm³/mol. The lowest BCUT2D eigenvalue weighted by Crippen LogP contribution is -2.32. The van der Waals surface area contributed by atoms with Crippen molar-refractivity contribution in [1.29, 1.82) is 0 Å². The van der Waals surface area contributed by atoms with Crippen LogP contribution in [0.5, 0.6) is 0 Å². The smallest absolute Gasteiger partial charge is 0.255 e. The van der Waals surface area contributed by atoms with E-state index in [1.807, 2.05) is 18.7 Å². The molecule has 1 amide bonds. The number of nitrogens with zero attached hydrogens (tertiary/aromatic N) is 1. The van der Waals surface area contributed by atoms with E-state index in [2.05, 4.69) is 21.9 Å². The van der Waals surface area contributed by atoms with Gasteiger partial charge in [-0.3, -0.25) is 4.79 Å². The zero-order chi connectivity index (χ0) is 13.0. The first kappa shape index (κ1) is 13.2. The van der Waals surface area contributed by atoms with Gasteiger partial charge in [0, 0.05) is 24.0 Å². The van der Waals surface area contributed by atoms with E-state index in [1.165, 1.54) is 12.8 Å². The van der Waals surface area contributed by atoms with Gasteiger partial charge in [-0.1, -0.05) is 0 Å². The molecule has 18 heavy (non-hydrogen) atoms. The molecule has 1 heterocycles. The fourth-order valence-corrected chi connectivity index (χ4v) is 2.55. The highest BCUT2D eigenvalue weighted by atomic mass is 32.2. The minimum atomic E-state index is -0.0422. The average molecular weight is 265 g/mol. The summed E-state index contributed by atoms with van der Waals surface area (Å²) in [5.41, 5.74) is 0.622. The van der Waals surface area contributed by atoms with Crippen molar-refractivity contribution in [2.75, 3.05) is 24.7 Å². The van der Waals surface area contributed by atoms with Crippen molar-refractivity contribution in [2.24, 2.45) is 0 Å². The number of rotatable bonds is 6. The number of carbonyl (C=O) groups is 1. The Labute approximate surface area is 112 Å². The fraction of sp³-hybridized carbons (Fsp3) is 0.538. The van der Waals surface area contributed by atoms with Crippen molar-refractivity contribution >= 4 is 23.5 Å². The maximum Gasteiger partial charge on any atom is 0.255 e. The molecular weight excluding hydrogens is 246 g/mol. The molecule has 0 radical (unpaired) electrons. The van der Waals surface area contributed by atoms with E-state index in [0.717, 1.165) is 13.1 Å². The van der Waals surface area contributed by atoms with Crippen LogP contribution in [0.3, 0.4) is 0 Å². The van der Waals surface area contributed by atoms with Gasteiger partial charge < -0.3 is 10.6 Å². The second-order valence-electron chi connectivity index (χ2n) is 4.50. The molecule has 1 aromatic heterocycles. The lowest BCUT2D eigenvalue weighted by molar-refractivity contribution is 0.0953. The molecule has 0 spiro atoms. The summed E-state index contributed by atoms with van der Waals surface area (Å²) >= 11 is 1.84. The molecular formula is C13H19N3OS. The first-order chi connectivity index (χ1) is 8.71. The van der Waals surface area contributed by atoms with Crippen molar-refractivity contribution in [3.8, 4) is 0 Å². The van der Waals surface area contributed by atoms with Crippen LogP contribution in [-0.4, -0.2) is 35.0 Å². The molecule has 0 aliphatic heterocycles. The maximum absolute atomic E-state index is 12.1. The van der Waals surface area contributed by atoms with Crippen LogP contribution >= 0.6 is 11.8 Å². The Bertz CT molecular complexity index is 432. The molecule has 1 saturated carbocycles. The lowest BCUT2D eigenvalue weighted by atomic mass is 10.2. The van der Waals surface area contributed by atoms with Crippen LogP contribution in [0.15, 0.2) is 18.3 Å². The largest absolute Gasteiger partial charge is 0.370 e. The molecule has 5 heteroatoms. The molecule has 2 N–H and O–H groups in total. The van der Waals surface area contributed by atoms with Gasteiger partial charge in [0.2, 0.25) is 0 Å². The fourth-order valence-electron chi connectivity index (χ4n) is 1.83. The summed E-state index contributed by atoms with van der Waals surface area (Å²) in [5.74, 6) is 0.617. The van der Waals surface area contributed by atoms with Crippen molar-refractivity contribution in [1.82, 2.24) is 10.3 Å². The number of anilines is 1. The minimum Gasteiger partial charge on any atom is -0.370 e. The minimum absolute atomic E-state index is 0.0422. The predicted octanol–water partition coefficient (Wildman–Crippen LogP) is 2.14. The van der Waals surface area contributed by atoms with Gasteiger partial charge in [-0.25, -0.2) is 4.98 Å². The number of amides is 1. The standard InChI is InChI=1S/C13H19N3OS/c1-3-14-11-10(5-4-8-15-11)12(17)16-9-13(18-2)6-7-13/h4-5,8H,3,6-7,9H2,1-2H3,(H,14,15)(H,16,17). The molecule has 0 aromatic carbocycles. The van der Waals surface area contributed by atoms with Gasteiger partial charge in [0.15, 0.2) is 0 Å². The van der Waals surface area contributed by atoms with E-state index >= 15 is 0 Å². The van der Waals surface area contributed by atoms with Gasteiger partial charge in [-0.05, 0) is 38.2 Å². The lowest BCUT2D eigenvalue weighted by Gasteiger charge is -2.14. The van der Waals surface area contributed by atoms with Crippen LogP contribution in [-0.2, 0) is 0 Å². The van der Waals surface area contributed by atoms with Gasteiger partial charge in [0.1, 0.15) is 5.82 Å². The van der Waals surface area contributed by atoms with Crippen LogP contribution in [0.1, 0.15) is 30.1 Å². The van der Waals surface area contributed by atoms with Crippen LogP contribution < -0.4 is 10.6 Å². The number of aromatic nitrogens is 1. The molecule has 4 nitrogen and oxygen atoms in total. The highest BCUT2D eigenvalue weighted by Crippen LogP contribution is 2.46. The molecule has 98 valence electrons. The Balaban J connectivity index is 2.00. The highest BCUT2D eigenvalue weighted by molar-refractivity contribution is 8.00. The summed E-state index contributed by atoms with van der Waals surface area (Å²) in [4.78, 5) is 16.3. The van der Waals surface area contributed by atoms with Gasteiger partial charge in [0.25, 0.3) is 5.91 Å². The van der Waals surface area contributed by atoms with Crippen molar-refractivity contribution in [2.45, 2.75) is 24.5 Å². The number of pyridine rings is 1. The van der Waals surface area contributed by atoms with Gasteiger partial charge in [0.05, 0.1) is 5.56 Å². The molecule has 2 rings (SSSR count). The molecule has 0 atom stereocenters. The van der Waals surface area contributed by atoms with E-state index < -0.39 is 0 Å². The topological polar surface area (TPSA) is 54.0 Å². The number of hydrogen-bond acceptors (Lipinski definition) is 4. The number of hydrogen-bond donors (Lipinski definition) is 2. The van der Waals surface area contributed by atoms with Crippen molar-refractivity contribution < 1.29 is 4.79 Å². The Kier molecular flexibility index (Phi) is 4.11. The summed E-state index contributed by atoms with van der Waals surface area (Å²) in [6.45, 7) is 3.49. The number of thioether (sulfide) groups is 1. The first-order valence-electron chi connectivity index (χ1n) is 6.23. The molecule has 0 bridgehead atoms. The Hall–Kier alpha value is -1.23. The summed E-state index contributed by atoms with van der Waals surface area (Å²) in [5, 5.41) is 6.12. The SMILES string of the molecule is CCNc1ncccc1C(=O)NCC1(SC)CC1. The summed E-state index contributed by atoms with van der Waals surface area (Å²) < 4.78 is 0.288. The maximum atomic E-state index is 12.1. The second-order valence-corrected chi connectivity index (χ2v) is 5.77. The normalized spacial score (nSPS) is 16.1. The van der Waals surface area contributed by atoms with Crippen molar-refractivity contribution in [3.05, 3.63) is 23.9 Å². The number of nitrogens with one attached hydrogen (secondary N) is 2. The first-order valence-corrected chi connectivity index (χ1v) is 7.45. The van der Waals surface area contributed by atoms with Gasteiger partial charge >= 0.3 is 0 Å². The third-order valence-electron chi connectivity index (χ3n) is 3.21. The molecule has 0 unspecified atom stereocenters. The number of carbonyl (C=O) groups excluding carboxylic acids is 1. The monoisotopic (exact) mass is 265 g/mol. The molecule has 1 aliphatic rings. The van der Waals surface area contributed by atoms with Crippen LogP contribution in [0.25, 0.3) is 0 Å². The summed E-state index contributed by atoms with van der Waals surface area (Å²) in [6.07, 6.45) is 6.19. The Morgan fingerprint density at radius 1 is 1.56 bits per heavy atom. The highest BCUT2D eigenvalue weighted by Gasteiger charge is 2.42. The molecule has 1 aliphatic carbocycles. The van der Waals surface area contributed by atoms with E-state index in [9.17, 15) is 4.79 Å². The van der Waals surface area contributed by atoms with Gasteiger partial charge in [-0.15, -0.1) is 0 Å². The summed E-state index contributed by atoms with van der Waals surface area (Å²) in [7, 11) is 0. The molecule has 1 fully saturated rings. The Morgan fingerprint density at radius 3 is 2.94 bits per heavy atom. The van der Waals surface area contributed by atoms with Crippen molar-refractivity contribution in [3.63, 3.8) is 0 Å². The summed E-state index contributed by atoms with van der Waals surface area (Å²) in [6, 6.07) is 3.59. The van der Waals surface area contributed by atoms with Crippen LogP contribution in [0, 0.1) is 0 Å². The van der Waals surface area contributed by atoms with E-state index in [-0.39, 0.29) is 10.7 Å². The zero-order valence-electron chi connectivity index (χ0n) is 10.8. The van der Waals surface area contributed by atoms with E-state index in [0.29, 0.717) is 11.4 Å². The Morgan fingerprint density at radius 2 is 2.33 bits per heavy atom. The second kappa shape index (κ2) is 5.61. The third kappa shape index (κ3) is 2.96. The van der Waals surface area contributed by atoms with E-state index in [1.54, 1.807) is 18.3 Å². The quantitative estimate of drug-likeness (QED) is 0.827. The van der Waals surface area contributed by atoms with E-state index in [4.69, 9.17) is 0 Å². The molecule has 1 aromatic rings. The van der Waals surface area contributed by atoms with Crippen LogP contribution in [0.2, 0.25) is 0 Å².